The van der Waals surface area contributed by atoms with Gasteiger partial charge in [-0.25, -0.2) is 4.79 Å². The summed E-state index contributed by atoms with van der Waals surface area (Å²) in [7, 11) is 3.23. The molecule has 0 bridgehead atoms. The predicted octanol–water partition coefficient (Wildman–Crippen LogP) is 0.200. The summed E-state index contributed by atoms with van der Waals surface area (Å²) in [6.07, 6.45) is 1.29. The molecule has 0 saturated carbocycles. The summed E-state index contributed by atoms with van der Waals surface area (Å²) in [5, 5.41) is 14.7. The predicted molar refractivity (Wildman–Crippen MR) is 55.2 cm³/mol. The molecule has 1 saturated heterocycles. The Labute approximate surface area is 91.2 Å². The lowest BCUT2D eigenvalue weighted by molar-refractivity contribution is -0.384. The molecule has 86 valence electrons. The van der Waals surface area contributed by atoms with Gasteiger partial charge in [0.05, 0.1) is 4.92 Å². The molecule has 0 N–H and O–H groups in total. The average molecular weight is 225 g/mol. The molecule has 1 aromatic heterocycles. The number of rotatable bonds is 2. The Morgan fingerprint density at radius 2 is 2.12 bits per heavy atom. The molecule has 8 nitrogen and oxygen atoms in total. The number of aryl methyl sites for hydroxylation is 1. The van der Waals surface area contributed by atoms with E-state index in [-0.39, 0.29) is 17.5 Å². The number of urea groups is 1. The number of hydrogen-bond acceptors (Lipinski definition) is 4. The zero-order valence-electron chi connectivity index (χ0n) is 8.95. The van der Waals surface area contributed by atoms with Crippen LogP contribution in [0.25, 0.3) is 0 Å². The maximum atomic E-state index is 11.7. The molecule has 2 rings (SSSR count). The van der Waals surface area contributed by atoms with Gasteiger partial charge >= 0.3 is 11.7 Å². The van der Waals surface area contributed by atoms with Crippen LogP contribution in [0.5, 0.6) is 0 Å². The molecule has 1 aliphatic rings. The molecule has 2 amide bonds. The topological polar surface area (TPSA) is 84.5 Å². The number of carbonyl (C=O) groups is 1. The summed E-state index contributed by atoms with van der Waals surface area (Å²) in [5.41, 5.74) is -0.147. The number of likely N-dealkylation sites (N-methyl/N-ethyl adjacent to an activating group) is 1. The van der Waals surface area contributed by atoms with Crippen LogP contribution in [0.2, 0.25) is 0 Å². The monoisotopic (exact) mass is 225 g/mol. The molecule has 0 unspecified atom stereocenters. The highest BCUT2D eigenvalue weighted by Gasteiger charge is 2.34. The van der Waals surface area contributed by atoms with Gasteiger partial charge in [-0.2, -0.15) is 0 Å². The molecule has 2 heterocycles. The van der Waals surface area contributed by atoms with Gasteiger partial charge in [-0.1, -0.05) is 0 Å². The highest BCUT2D eigenvalue weighted by Crippen LogP contribution is 2.28. The maximum absolute atomic E-state index is 11.7. The summed E-state index contributed by atoms with van der Waals surface area (Å²) in [6.45, 7) is 0.972. The van der Waals surface area contributed by atoms with Crippen molar-refractivity contribution in [1.29, 1.82) is 0 Å². The normalized spacial score (nSPS) is 16.0. The van der Waals surface area contributed by atoms with Crippen molar-refractivity contribution in [2.24, 2.45) is 7.05 Å². The molecule has 0 radical (unpaired) electrons. The van der Waals surface area contributed by atoms with Crippen LogP contribution in [0.15, 0.2) is 6.20 Å². The fourth-order valence-corrected chi connectivity index (χ4v) is 1.63. The first-order valence-corrected chi connectivity index (χ1v) is 4.71. The number of amides is 2. The summed E-state index contributed by atoms with van der Waals surface area (Å²) in [5.74, 6) is 0.113. The smallest absolute Gasteiger partial charge is 0.326 e. The number of anilines is 1. The zero-order valence-corrected chi connectivity index (χ0v) is 8.95. The van der Waals surface area contributed by atoms with E-state index < -0.39 is 4.92 Å². The molecular formula is C8H11N5O3. The molecule has 0 aromatic carbocycles. The van der Waals surface area contributed by atoms with Crippen LogP contribution in [-0.4, -0.2) is 45.8 Å². The van der Waals surface area contributed by atoms with Crippen molar-refractivity contribution < 1.29 is 9.72 Å². The maximum Gasteiger partial charge on any atom is 0.331 e. The van der Waals surface area contributed by atoms with E-state index in [1.807, 2.05) is 0 Å². The Balaban J connectivity index is 2.40. The zero-order chi connectivity index (χ0) is 11.9. The van der Waals surface area contributed by atoms with Crippen LogP contribution in [0.3, 0.4) is 0 Å². The highest BCUT2D eigenvalue weighted by atomic mass is 16.6. The van der Waals surface area contributed by atoms with E-state index in [0.29, 0.717) is 13.1 Å². The van der Waals surface area contributed by atoms with Gasteiger partial charge in [0.2, 0.25) is 5.82 Å². The molecule has 1 aromatic rings. The second kappa shape index (κ2) is 3.47. The molecular weight excluding hydrogens is 214 g/mol. The van der Waals surface area contributed by atoms with E-state index in [9.17, 15) is 14.9 Å². The van der Waals surface area contributed by atoms with Crippen LogP contribution >= 0.6 is 0 Å². The van der Waals surface area contributed by atoms with Gasteiger partial charge in [-0.3, -0.25) is 19.7 Å². The minimum Gasteiger partial charge on any atom is -0.326 e. The minimum atomic E-state index is -0.534. The fourth-order valence-electron chi connectivity index (χ4n) is 1.63. The van der Waals surface area contributed by atoms with E-state index in [4.69, 9.17) is 0 Å². The van der Waals surface area contributed by atoms with Gasteiger partial charge in [-0.05, 0) is 0 Å². The number of nitro groups is 1. The van der Waals surface area contributed by atoms with Crippen LogP contribution in [0.1, 0.15) is 0 Å². The first-order valence-electron chi connectivity index (χ1n) is 4.71. The average Bonchev–Trinajstić information content (AvgIpc) is 2.73. The highest BCUT2D eigenvalue weighted by molar-refractivity contribution is 5.94. The van der Waals surface area contributed by atoms with Gasteiger partial charge in [0.1, 0.15) is 6.20 Å². The Hall–Kier alpha value is -2.12. The van der Waals surface area contributed by atoms with Crippen molar-refractivity contribution in [3.63, 3.8) is 0 Å². The fraction of sp³-hybridized carbons (Fsp3) is 0.500. The lowest BCUT2D eigenvalue weighted by atomic mass is 10.4. The molecule has 0 spiro atoms. The Morgan fingerprint density at radius 3 is 2.62 bits per heavy atom. The SMILES string of the molecule is CN1CCN(c2nn(C)cc2[N+](=O)[O-])C1=O. The van der Waals surface area contributed by atoms with Gasteiger partial charge in [0.15, 0.2) is 0 Å². The summed E-state index contributed by atoms with van der Waals surface area (Å²) in [4.78, 5) is 24.7. The third kappa shape index (κ3) is 1.47. The van der Waals surface area contributed by atoms with E-state index >= 15 is 0 Å². The Bertz CT molecular complexity index is 455. The number of hydrogen-bond donors (Lipinski definition) is 0. The van der Waals surface area contributed by atoms with Crippen LogP contribution in [0, 0.1) is 10.1 Å². The van der Waals surface area contributed by atoms with Gasteiger partial charge in [0.25, 0.3) is 0 Å². The quantitative estimate of drug-likeness (QED) is 0.531. The Kier molecular flexibility index (Phi) is 2.26. The molecule has 16 heavy (non-hydrogen) atoms. The van der Waals surface area contributed by atoms with Crippen LogP contribution in [0.4, 0.5) is 16.3 Å². The van der Waals surface area contributed by atoms with Crippen molar-refractivity contribution in [3.05, 3.63) is 16.3 Å². The van der Waals surface area contributed by atoms with Crippen LogP contribution in [-0.2, 0) is 7.05 Å². The molecule has 0 aliphatic carbocycles. The third-order valence-corrected chi connectivity index (χ3v) is 2.46. The molecule has 8 heteroatoms. The second-order valence-electron chi connectivity index (χ2n) is 3.62. The lowest BCUT2D eigenvalue weighted by Crippen LogP contribution is -2.30. The Morgan fingerprint density at radius 1 is 1.44 bits per heavy atom. The van der Waals surface area contributed by atoms with Crippen molar-refractivity contribution in [2.45, 2.75) is 0 Å². The van der Waals surface area contributed by atoms with E-state index in [1.54, 1.807) is 14.1 Å². The van der Waals surface area contributed by atoms with E-state index in [0.717, 1.165) is 0 Å². The number of nitrogens with zero attached hydrogens (tertiary/aromatic N) is 5. The van der Waals surface area contributed by atoms with Crippen LogP contribution < -0.4 is 4.90 Å². The van der Waals surface area contributed by atoms with Gasteiger partial charge in [0, 0.05) is 27.2 Å². The summed E-state index contributed by atoms with van der Waals surface area (Å²) >= 11 is 0. The standard InChI is InChI=1S/C8H11N5O3/c1-10-3-4-12(8(10)14)7-6(13(15)16)5-11(2)9-7/h5H,3-4H2,1-2H3. The first kappa shape index (κ1) is 10.4. The summed E-state index contributed by atoms with van der Waals surface area (Å²) < 4.78 is 1.33. The van der Waals surface area contributed by atoms with Gasteiger partial charge in [-0.15, -0.1) is 5.10 Å². The lowest BCUT2D eigenvalue weighted by Gasteiger charge is -2.11. The number of carbonyl (C=O) groups excluding carboxylic acids is 1. The van der Waals surface area contributed by atoms with Gasteiger partial charge < -0.3 is 4.90 Å². The number of aromatic nitrogens is 2. The first-order chi connectivity index (χ1) is 7.50. The summed E-state index contributed by atoms with van der Waals surface area (Å²) in [6, 6.07) is -0.262. The largest absolute Gasteiger partial charge is 0.331 e. The van der Waals surface area contributed by atoms with Crippen molar-refractivity contribution in [1.82, 2.24) is 14.7 Å². The minimum absolute atomic E-state index is 0.113. The molecule has 0 atom stereocenters. The van der Waals surface area contributed by atoms with Crippen molar-refractivity contribution in [2.75, 3.05) is 25.0 Å². The molecule has 1 fully saturated rings. The third-order valence-electron chi connectivity index (χ3n) is 2.46. The van der Waals surface area contributed by atoms with E-state index in [1.165, 1.54) is 20.7 Å². The van der Waals surface area contributed by atoms with Crippen molar-refractivity contribution >= 4 is 17.5 Å². The molecule has 1 aliphatic heterocycles. The van der Waals surface area contributed by atoms with E-state index in [2.05, 4.69) is 5.10 Å². The second-order valence-corrected chi connectivity index (χ2v) is 3.62. The van der Waals surface area contributed by atoms with Crippen molar-refractivity contribution in [3.8, 4) is 0 Å².